The Morgan fingerprint density at radius 2 is 0.917 bits per heavy atom. The number of rotatable bonds is 39. The first-order chi connectivity index (χ1) is 29.0. The Kier molecular flexibility index (Phi) is 38.8. The van der Waals surface area contributed by atoms with Gasteiger partial charge in [0.2, 0.25) is 0 Å². The average molecular weight is 856 g/mol. The molecule has 340 valence electrons. The smallest absolute Gasteiger partial charge is 0.306 e. The predicted molar refractivity (Wildman–Crippen MR) is 249 cm³/mol. The standard InChI is InChI=1S/C50H82NO8P/c1-6-8-10-12-14-16-18-20-22-24-25-27-29-31-33-35-37-39-41-43-50(53)59-48(47-58-60(54,55)57-45-44-51(3,4)5)46-56-49(52)42-40-38-36-34-32-30-28-26-23-21-19-17-15-13-11-9-7-2/h14-17,20-23,25,27-28,30-31,33-34,36-37,39,48H,6-13,18-19,24,26,29,32,35,38,40-47H2,1-5H3/b16-14-,17-15-,22-20-,23-21-,27-25-,30-28-,33-31-,36-34-,39-37-/t48-/m1/s1. The molecule has 0 aliphatic carbocycles. The minimum Gasteiger partial charge on any atom is -0.756 e. The number of hydrogen-bond donors (Lipinski definition) is 0. The first-order valence-corrected chi connectivity index (χ1v) is 24.1. The molecule has 0 aromatic heterocycles. The van der Waals surface area contributed by atoms with Crippen LogP contribution >= 0.6 is 7.82 Å². The van der Waals surface area contributed by atoms with Crippen molar-refractivity contribution in [2.75, 3.05) is 47.5 Å². The average Bonchev–Trinajstić information content (AvgIpc) is 3.20. The zero-order chi connectivity index (χ0) is 44.3. The Hall–Kier alpha value is -3.33. The van der Waals surface area contributed by atoms with Crippen LogP contribution < -0.4 is 4.89 Å². The number of nitrogens with zero attached hydrogens (tertiary/aromatic N) is 1. The fraction of sp³-hybridized carbons (Fsp3) is 0.600. The summed E-state index contributed by atoms with van der Waals surface area (Å²) in [5.74, 6) is -1.01. The Labute approximate surface area is 366 Å². The highest BCUT2D eigenvalue weighted by Crippen LogP contribution is 2.38. The van der Waals surface area contributed by atoms with Crippen LogP contribution in [0, 0.1) is 0 Å². The lowest BCUT2D eigenvalue weighted by atomic mass is 10.2. The Morgan fingerprint density at radius 3 is 1.33 bits per heavy atom. The van der Waals surface area contributed by atoms with E-state index >= 15 is 0 Å². The number of carbonyl (C=O) groups excluding carboxylic acids is 2. The van der Waals surface area contributed by atoms with Crippen molar-refractivity contribution in [1.82, 2.24) is 0 Å². The number of unbranched alkanes of at least 4 members (excludes halogenated alkanes) is 7. The van der Waals surface area contributed by atoms with Crippen LogP contribution in [0.2, 0.25) is 0 Å². The zero-order valence-corrected chi connectivity index (χ0v) is 39.0. The van der Waals surface area contributed by atoms with Gasteiger partial charge in [-0.3, -0.25) is 14.2 Å². The van der Waals surface area contributed by atoms with E-state index in [1.54, 1.807) is 0 Å². The summed E-state index contributed by atoms with van der Waals surface area (Å²) in [6.45, 7) is 3.99. The number of phosphoric ester groups is 1. The van der Waals surface area contributed by atoms with Crippen LogP contribution in [-0.2, 0) is 32.7 Å². The highest BCUT2D eigenvalue weighted by atomic mass is 31.2. The molecule has 0 fully saturated rings. The predicted octanol–water partition coefficient (Wildman–Crippen LogP) is 12.5. The summed E-state index contributed by atoms with van der Waals surface area (Å²) < 4.78 is 33.7. The van der Waals surface area contributed by atoms with Crippen molar-refractivity contribution >= 4 is 19.8 Å². The second kappa shape index (κ2) is 41.0. The van der Waals surface area contributed by atoms with Crippen molar-refractivity contribution in [2.45, 2.75) is 148 Å². The number of carbonyl (C=O) groups is 2. The molecule has 0 aliphatic heterocycles. The van der Waals surface area contributed by atoms with Crippen molar-refractivity contribution in [3.63, 3.8) is 0 Å². The monoisotopic (exact) mass is 856 g/mol. The van der Waals surface area contributed by atoms with Crippen LogP contribution in [0.1, 0.15) is 142 Å². The van der Waals surface area contributed by atoms with Gasteiger partial charge in [0.25, 0.3) is 7.82 Å². The highest BCUT2D eigenvalue weighted by Gasteiger charge is 2.21. The lowest BCUT2D eigenvalue weighted by molar-refractivity contribution is -0.870. The molecule has 10 heteroatoms. The molecule has 0 aliphatic rings. The van der Waals surface area contributed by atoms with Crippen molar-refractivity contribution in [2.24, 2.45) is 0 Å². The van der Waals surface area contributed by atoms with Crippen molar-refractivity contribution in [3.05, 3.63) is 109 Å². The van der Waals surface area contributed by atoms with Crippen LogP contribution in [-0.4, -0.2) is 70.0 Å². The van der Waals surface area contributed by atoms with Crippen LogP contribution in [0.25, 0.3) is 0 Å². The van der Waals surface area contributed by atoms with Gasteiger partial charge in [-0.15, -0.1) is 0 Å². The van der Waals surface area contributed by atoms with E-state index in [9.17, 15) is 19.0 Å². The van der Waals surface area contributed by atoms with Gasteiger partial charge in [0.05, 0.1) is 27.7 Å². The van der Waals surface area contributed by atoms with E-state index in [1.807, 2.05) is 39.4 Å². The third kappa shape index (κ3) is 44.2. The molecular formula is C50H82NO8P. The summed E-state index contributed by atoms with van der Waals surface area (Å²) in [5.41, 5.74) is 0. The summed E-state index contributed by atoms with van der Waals surface area (Å²) in [6, 6.07) is 0. The van der Waals surface area contributed by atoms with Gasteiger partial charge >= 0.3 is 11.9 Å². The molecule has 0 heterocycles. The molecule has 0 aromatic rings. The molecule has 0 spiro atoms. The maximum absolute atomic E-state index is 12.7. The normalized spacial score (nSPS) is 14.6. The quantitative estimate of drug-likeness (QED) is 0.0198. The van der Waals surface area contributed by atoms with Gasteiger partial charge in [-0.1, -0.05) is 149 Å². The molecule has 0 aromatic carbocycles. The SMILES string of the molecule is CCCCC/C=C\C/C=C\C/C=C\C/C=C\C/C=C\CCC(=O)O[C@H](COC(=O)CCC/C=C\C/C=C\C/C=C\C/C=C\CCCCC)COP(=O)([O-])OCC[N+](C)(C)C. The van der Waals surface area contributed by atoms with Gasteiger partial charge in [-0.2, -0.15) is 0 Å². The number of allylic oxidation sites excluding steroid dienone is 18. The fourth-order valence-electron chi connectivity index (χ4n) is 5.22. The second-order valence-corrected chi connectivity index (χ2v) is 17.1. The van der Waals surface area contributed by atoms with E-state index in [-0.39, 0.29) is 26.1 Å². The van der Waals surface area contributed by atoms with E-state index in [0.29, 0.717) is 23.9 Å². The van der Waals surface area contributed by atoms with Crippen molar-refractivity contribution in [3.8, 4) is 0 Å². The zero-order valence-electron chi connectivity index (χ0n) is 38.1. The lowest BCUT2D eigenvalue weighted by Crippen LogP contribution is -2.37. The molecule has 1 unspecified atom stereocenters. The third-order valence-corrected chi connectivity index (χ3v) is 9.74. The van der Waals surface area contributed by atoms with E-state index in [4.69, 9.17) is 18.5 Å². The summed E-state index contributed by atoms with van der Waals surface area (Å²) in [6.07, 6.45) is 55.7. The number of esters is 2. The van der Waals surface area contributed by atoms with Crippen LogP contribution in [0.5, 0.6) is 0 Å². The Balaban J connectivity index is 4.59. The minimum absolute atomic E-state index is 0.0590. The van der Waals surface area contributed by atoms with E-state index in [1.165, 1.54) is 51.4 Å². The van der Waals surface area contributed by atoms with Crippen LogP contribution in [0.4, 0.5) is 0 Å². The second-order valence-electron chi connectivity index (χ2n) is 15.7. The van der Waals surface area contributed by atoms with Gasteiger partial charge in [-0.25, -0.2) is 0 Å². The number of phosphoric acid groups is 1. The summed E-state index contributed by atoms with van der Waals surface area (Å²) in [7, 11) is 1.07. The summed E-state index contributed by atoms with van der Waals surface area (Å²) in [4.78, 5) is 37.5. The topological polar surface area (TPSA) is 111 Å². The van der Waals surface area contributed by atoms with Crippen LogP contribution in [0.15, 0.2) is 109 Å². The first kappa shape index (κ1) is 56.7. The molecular weight excluding hydrogens is 774 g/mol. The fourth-order valence-corrected chi connectivity index (χ4v) is 5.94. The number of hydrogen-bond acceptors (Lipinski definition) is 8. The number of quaternary nitrogens is 1. The first-order valence-electron chi connectivity index (χ1n) is 22.6. The largest absolute Gasteiger partial charge is 0.756 e. The molecule has 9 nitrogen and oxygen atoms in total. The molecule has 0 saturated carbocycles. The van der Waals surface area contributed by atoms with Crippen molar-refractivity contribution < 1.29 is 42.1 Å². The molecule has 0 rings (SSSR count). The summed E-state index contributed by atoms with van der Waals surface area (Å²) in [5, 5.41) is 0. The lowest BCUT2D eigenvalue weighted by Gasteiger charge is -2.28. The molecule has 0 N–H and O–H groups in total. The van der Waals surface area contributed by atoms with Gasteiger partial charge in [0.15, 0.2) is 6.10 Å². The molecule has 0 bridgehead atoms. The summed E-state index contributed by atoms with van der Waals surface area (Å²) >= 11 is 0. The van der Waals surface area contributed by atoms with E-state index in [0.717, 1.165) is 51.4 Å². The van der Waals surface area contributed by atoms with Gasteiger partial charge in [0, 0.05) is 12.8 Å². The maximum Gasteiger partial charge on any atom is 0.306 e. The number of ether oxygens (including phenoxy) is 2. The van der Waals surface area contributed by atoms with Gasteiger partial charge in [0.1, 0.15) is 19.8 Å². The third-order valence-electron chi connectivity index (χ3n) is 8.78. The molecule has 0 radical (unpaired) electrons. The van der Waals surface area contributed by atoms with Gasteiger partial charge < -0.3 is 27.9 Å². The highest BCUT2D eigenvalue weighted by molar-refractivity contribution is 7.45. The molecule has 0 saturated heterocycles. The minimum atomic E-state index is -4.67. The number of likely N-dealkylation sites (N-methyl/N-ethyl adjacent to an activating group) is 1. The van der Waals surface area contributed by atoms with Crippen molar-refractivity contribution in [1.29, 1.82) is 0 Å². The van der Waals surface area contributed by atoms with E-state index in [2.05, 4.69) is 105 Å². The van der Waals surface area contributed by atoms with E-state index < -0.39 is 32.5 Å². The van der Waals surface area contributed by atoms with Gasteiger partial charge in [-0.05, 0) is 89.9 Å². The molecule has 0 amide bonds. The maximum atomic E-state index is 12.7. The molecule has 2 atom stereocenters. The Morgan fingerprint density at radius 1 is 0.517 bits per heavy atom. The molecule has 60 heavy (non-hydrogen) atoms. The Bertz CT molecular complexity index is 1380. The van der Waals surface area contributed by atoms with Crippen LogP contribution in [0.3, 0.4) is 0 Å².